The third-order valence-electron chi connectivity index (χ3n) is 6.49. The van der Waals surface area contributed by atoms with Crippen molar-refractivity contribution in [1.82, 2.24) is 18.8 Å². The molecule has 1 aliphatic rings. The number of amides is 1. The van der Waals surface area contributed by atoms with Crippen molar-refractivity contribution in [2.45, 2.75) is 35.2 Å². The van der Waals surface area contributed by atoms with Crippen LogP contribution < -0.4 is 9.46 Å². The van der Waals surface area contributed by atoms with Gasteiger partial charge in [-0.3, -0.25) is 9.52 Å². The number of hydrogen-bond acceptors (Lipinski definition) is 9. The molecule has 0 aliphatic carbocycles. The first kappa shape index (κ1) is 29.0. The average Bonchev–Trinajstić information content (AvgIpc) is 3.59. The Labute approximate surface area is 231 Å². The first-order valence-corrected chi connectivity index (χ1v) is 15.9. The first-order chi connectivity index (χ1) is 18.3. The number of aliphatic hydroxyl groups is 1. The Bertz CT molecular complexity index is 1540. The van der Waals surface area contributed by atoms with Gasteiger partial charge in [0.2, 0.25) is 0 Å². The molecule has 0 spiro atoms. The van der Waals surface area contributed by atoms with Crippen molar-refractivity contribution in [2.24, 2.45) is 13.0 Å². The summed E-state index contributed by atoms with van der Waals surface area (Å²) in [5.74, 6) is -0.860. The van der Waals surface area contributed by atoms with Crippen molar-refractivity contribution in [2.75, 3.05) is 31.5 Å². The van der Waals surface area contributed by atoms with E-state index in [1.807, 2.05) is 0 Å². The van der Waals surface area contributed by atoms with Crippen molar-refractivity contribution >= 4 is 43.0 Å². The van der Waals surface area contributed by atoms with Gasteiger partial charge in [-0.25, -0.2) is 21.8 Å². The van der Waals surface area contributed by atoms with Crippen molar-refractivity contribution < 1.29 is 31.5 Å². The highest BCUT2D eigenvalue weighted by Crippen LogP contribution is 2.36. The highest BCUT2D eigenvalue weighted by Gasteiger charge is 2.37. The topological polar surface area (TPSA) is 151 Å². The summed E-state index contributed by atoms with van der Waals surface area (Å²) in [6, 6.07) is 7.05. The number of likely N-dealkylation sites (N-methyl/N-ethyl adjacent to an activating group) is 1. The number of sulfonamides is 2. The molecule has 39 heavy (non-hydrogen) atoms. The summed E-state index contributed by atoms with van der Waals surface area (Å²) >= 11 is 1.04. The third-order valence-corrected chi connectivity index (χ3v) is 11.0. The maximum absolute atomic E-state index is 13.6. The number of hydrogen-bond donors (Lipinski definition) is 2. The lowest BCUT2D eigenvalue weighted by Gasteiger charge is -2.38. The second kappa shape index (κ2) is 11.3. The van der Waals surface area contributed by atoms with Crippen LogP contribution in [0.25, 0.3) is 0 Å². The molecule has 0 unspecified atom stereocenters. The fourth-order valence-corrected chi connectivity index (χ4v) is 7.38. The fraction of sp³-hybridized carbons (Fsp3) is 0.417. The van der Waals surface area contributed by atoms with E-state index in [2.05, 4.69) is 9.71 Å². The average molecular weight is 598 g/mol. The van der Waals surface area contributed by atoms with Crippen LogP contribution >= 0.6 is 11.3 Å². The maximum Gasteiger partial charge on any atom is 0.271 e. The molecule has 1 aromatic carbocycles. The molecular weight excluding hydrogens is 566 g/mol. The van der Waals surface area contributed by atoms with Gasteiger partial charge in [0.15, 0.2) is 10.8 Å². The van der Waals surface area contributed by atoms with E-state index in [-0.39, 0.29) is 45.9 Å². The number of aromatic nitrogens is 2. The number of benzene rings is 1. The fourth-order valence-electron chi connectivity index (χ4n) is 4.19. The van der Waals surface area contributed by atoms with E-state index < -0.39 is 44.0 Å². The number of carbonyl (C=O) groups is 1. The number of nitrogens with zero attached hydrogens (tertiary/aromatic N) is 4. The van der Waals surface area contributed by atoms with Gasteiger partial charge in [0.1, 0.15) is 10.3 Å². The molecule has 0 saturated carbocycles. The Kier molecular flexibility index (Phi) is 8.37. The molecule has 0 fully saturated rings. The van der Waals surface area contributed by atoms with E-state index >= 15 is 0 Å². The van der Waals surface area contributed by atoms with Gasteiger partial charge in [0.25, 0.3) is 26.0 Å². The van der Waals surface area contributed by atoms with E-state index in [1.165, 1.54) is 53.3 Å². The molecule has 2 aromatic heterocycles. The van der Waals surface area contributed by atoms with Gasteiger partial charge < -0.3 is 19.3 Å². The maximum atomic E-state index is 13.6. The molecule has 1 amide bonds. The molecule has 0 radical (unpaired) electrons. The molecule has 3 heterocycles. The molecule has 15 heteroatoms. The predicted octanol–water partition coefficient (Wildman–Crippen LogP) is 1.82. The zero-order valence-corrected chi connectivity index (χ0v) is 24.3. The van der Waals surface area contributed by atoms with E-state index in [1.54, 1.807) is 32.3 Å². The van der Waals surface area contributed by atoms with Crippen molar-refractivity contribution in [1.29, 1.82) is 0 Å². The number of imidazole rings is 1. The lowest BCUT2D eigenvalue weighted by atomic mass is 9.99. The Morgan fingerprint density at radius 2 is 2.00 bits per heavy atom. The van der Waals surface area contributed by atoms with Crippen LogP contribution in [-0.2, 0) is 27.1 Å². The summed E-state index contributed by atoms with van der Waals surface area (Å²) in [7, 11) is -4.87. The van der Waals surface area contributed by atoms with Crippen LogP contribution in [0.15, 0.2) is 57.5 Å². The molecule has 4 rings (SSSR count). The summed E-state index contributed by atoms with van der Waals surface area (Å²) in [5, 5.41) is 11.4. The molecule has 2 N–H and O–H groups in total. The molecule has 12 nitrogen and oxygen atoms in total. The molecule has 3 atom stereocenters. The minimum Gasteiger partial charge on any atom is -0.486 e. The van der Waals surface area contributed by atoms with Crippen molar-refractivity contribution in [3.63, 3.8) is 0 Å². The van der Waals surface area contributed by atoms with Crippen LogP contribution in [0.4, 0.5) is 5.69 Å². The summed E-state index contributed by atoms with van der Waals surface area (Å²) < 4.78 is 64.0. The Morgan fingerprint density at radius 3 is 2.62 bits per heavy atom. The van der Waals surface area contributed by atoms with Crippen molar-refractivity contribution in [3.05, 3.63) is 53.8 Å². The summed E-state index contributed by atoms with van der Waals surface area (Å²) in [5.41, 5.74) is 0.133. The zero-order valence-electron chi connectivity index (χ0n) is 21.9. The summed E-state index contributed by atoms with van der Waals surface area (Å²) in [4.78, 5) is 19.1. The molecule has 0 saturated heterocycles. The number of aryl methyl sites for hydroxylation is 1. The SMILES string of the molecule is C[C@@H]1CN([C@H](C)CO)C(=O)c2cccc(NS(=O)(=O)c3cccs3)c2O[C@H]1CN(C)S(=O)(=O)c1cn(C)cn1. The highest BCUT2D eigenvalue weighted by atomic mass is 32.2. The van der Waals surface area contributed by atoms with E-state index in [0.29, 0.717) is 0 Å². The van der Waals surface area contributed by atoms with Gasteiger partial charge >= 0.3 is 0 Å². The minimum absolute atomic E-state index is 0.0158. The second-order valence-corrected chi connectivity index (χ2v) is 14.4. The normalized spacial score (nSPS) is 19.2. The van der Waals surface area contributed by atoms with Crippen molar-refractivity contribution in [3.8, 4) is 5.75 Å². The zero-order chi connectivity index (χ0) is 28.5. The smallest absolute Gasteiger partial charge is 0.271 e. The molecule has 212 valence electrons. The van der Waals surface area contributed by atoms with Crippen LogP contribution in [0, 0.1) is 5.92 Å². The van der Waals surface area contributed by atoms with Gasteiger partial charge in [-0.2, -0.15) is 4.31 Å². The number of ether oxygens (including phenoxy) is 1. The molecular formula is C24H31N5O7S3. The van der Waals surface area contributed by atoms with E-state index in [4.69, 9.17) is 4.74 Å². The van der Waals surface area contributed by atoms with E-state index in [0.717, 1.165) is 15.6 Å². The lowest BCUT2D eigenvalue weighted by molar-refractivity contribution is 0.0389. The van der Waals surface area contributed by atoms with Crippen LogP contribution in [-0.4, -0.2) is 85.5 Å². The van der Waals surface area contributed by atoms with Crippen LogP contribution in [0.3, 0.4) is 0 Å². The van der Waals surface area contributed by atoms with Gasteiger partial charge in [0, 0.05) is 32.8 Å². The van der Waals surface area contributed by atoms with Gasteiger partial charge in [-0.1, -0.05) is 19.1 Å². The van der Waals surface area contributed by atoms with Gasteiger partial charge in [-0.15, -0.1) is 11.3 Å². The van der Waals surface area contributed by atoms with Crippen LogP contribution in [0.2, 0.25) is 0 Å². The molecule has 3 aromatic rings. The first-order valence-electron chi connectivity index (χ1n) is 12.1. The van der Waals surface area contributed by atoms with Gasteiger partial charge in [0.05, 0.1) is 36.8 Å². The Morgan fingerprint density at radius 1 is 1.26 bits per heavy atom. The summed E-state index contributed by atoms with van der Waals surface area (Å²) in [6.07, 6.45) is 1.99. The number of carbonyl (C=O) groups excluding carboxylic acids is 1. The number of para-hydroxylation sites is 1. The quantitative estimate of drug-likeness (QED) is 0.379. The number of aliphatic hydroxyl groups excluding tert-OH is 1. The Hall–Kier alpha value is -2.98. The molecule has 0 bridgehead atoms. The predicted molar refractivity (Wildman–Crippen MR) is 146 cm³/mol. The third kappa shape index (κ3) is 5.96. The number of nitrogens with one attached hydrogen (secondary N) is 1. The van der Waals surface area contributed by atoms with Crippen LogP contribution in [0.5, 0.6) is 5.75 Å². The largest absolute Gasteiger partial charge is 0.486 e. The highest BCUT2D eigenvalue weighted by molar-refractivity contribution is 7.94. The lowest BCUT2D eigenvalue weighted by Crippen LogP contribution is -2.50. The number of anilines is 1. The van der Waals surface area contributed by atoms with Crippen LogP contribution in [0.1, 0.15) is 24.2 Å². The molecule has 1 aliphatic heterocycles. The monoisotopic (exact) mass is 597 g/mol. The van der Waals surface area contributed by atoms with E-state index in [9.17, 15) is 26.7 Å². The Balaban J connectivity index is 1.76. The standard InChI is InChI=1S/C24H31N5O7S3/c1-16-11-29(17(2)14-30)24(31)18-7-5-8-19(26-38(32,33)22-9-6-10-37-22)23(18)36-20(16)12-28(4)39(34,35)21-13-27(3)15-25-21/h5-10,13,15-17,20,26,30H,11-12,14H2,1-4H3/t16-,17-,20+/m1/s1. The van der Waals surface area contributed by atoms with Gasteiger partial charge in [-0.05, 0) is 30.5 Å². The number of thiophene rings is 1. The second-order valence-electron chi connectivity index (χ2n) is 9.51. The number of fused-ring (bicyclic) bond motifs is 1. The number of rotatable bonds is 9. The summed E-state index contributed by atoms with van der Waals surface area (Å²) in [6.45, 7) is 3.27. The minimum atomic E-state index is -3.98.